The molecule has 342 valence electrons. The molecule has 0 radical (unpaired) electrons. The maximum Gasteiger partial charge on any atom is 0.220 e. The summed E-state index contributed by atoms with van der Waals surface area (Å²) >= 11 is 0. The zero-order chi connectivity index (χ0) is 44.2. The molecule has 0 bridgehead atoms. The molecule has 2 atom stereocenters. The van der Waals surface area contributed by atoms with Crippen molar-refractivity contribution in [3.8, 4) is 0 Å². The normalized spacial score (nSPS) is 14.2. The Hall–Kier alpha value is -3.73. The quantitative estimate of drug-likeness (QED) is 0.0424. The Bertz CT molecular complexity index is 1320. The van der Waals surface area contributed by atoms with Gasteiger partial charge in [0.1, 0.15) is 0 Å². The first kappa shape index (κ1) is 57.3. The van der Waals surface area contributed by atoms with Crippen LogP contribution in [0.4, 0.5) is 0 Å². The number of nitrogens with one attached hydrogen (secondary N) is 1. The number of rotatable bonds is 42. The van der Waals surface area contributed by atoms with Gasteiger partial charge >= 0.3 is 0 Å². The third-order valence-electron chi connectivity index (χ3n) is 10.1. The summed E-state index contributed by atoms with van der Waals surface area (Å²) in [7, 11) is 0. The van der Waals surface area contributed by atoms with Gasteiger partial charge in [0.15, 0.2) is 0 Å². The van der Waals surface area contributed by atoms with E-state index in [4.69, 9.17) is 0 Å². The van der Waals surface area contributed by atoms with Crippen molar-refractivity contribution in [2.75, 3.05) is 6.61 Å². The van der Waals surface area contributed by atoms with Gasteiger partial charge in [0.25, 0.3) is 0 Å². The summed E-state index contributed by atoms with van der Waals surface area (Å²) in [5, 5.41) is 22.8. The standard InChI is InChI=1S/C57H91NO3/c1-3-5-7-9-11-13-14-15-16-17-18-19-20-21-22-23-24-25-26-27-28-29-30-31-32-33-34-35-36-37-38-39-40-41-42-43-44-45-47-49-51-53-57(61)58-55(54-59)56(60)52-50-48-46-12-10-8-6-4-2/h5,7,11,13,15-16,18-19,21-22,24-25,27-28,30-31,33-34,36-37,39-40,50,52,55-56,59-60H,3-4,6,8-10,12,14,17,20,23,26,29,32,35,38,41-49,51,53-54H2,1-2H3,(H,58,61)/b7-5-,13-11-,16-15-,19-18-,22-21-,25-24-,28-27-,31-30-,34-33-,37-36-,40-39-,52-50+. The van der Waals surface area contributed by atoms with Gasteiger partial charge in [-0.15, -0.1) is 0 Å². The lowest BCUT2D eigenvalue weighted by atomic mass is 10.1. The third-order valence-corrected chi connectivity index (χ3v) is 10.1. The Labute approximate surface area is 376 Å². The van der Waals surface area contributed by atoms with Crippen molar-refractivity contribution < 1.29 is 15.0 Å². The SMILES string of the molecule is CC/C=C\C/C=C\C/C=C\C/C=C\C/C=C\C/C=C\C/C=C\C/C=C\C/C=C\C/C=C\C/C=C\CCCCCCCCCC(=O)NC(CO)C(O)/C=C/CCCCCCCC. The first-order chi connectivity index (χ1) is 30.2. The lowest BCUT2D eigenvalue weighted by molar-refractivity contribution is -0.123. The van der Waals surface area contributed by atoms with E-state index in [9.17, 15) is 15.0 Å². The molecule has 0 aliphatic carbocycles. The van der Waals surface area contributed by atoms with Gasteiger partial charge in [-0.3, -0.25) is 4.79 Å². The number of hydrogen-bond donors (Lipinski definition) is 3. The van der Waals surface area contributed by atoms with E-state index < -0.39 is 12.1 Å². The fraction of sp³-hybridized carbons (Fsp3) is 0.561. The number of unbranched alkanes of at least 4 members (excludes halogenated alkanes) is 13. The lowest BCUT2D eigenvalue weighted by Crippen LogP contribution is -2.45. The van der Waals surface area contributed by atoms with E-state index in [1.165, 1.54) is 57.8 Å². The number of amides is 1. The number of carbonyl (C=O) groups excluding carboxylic acids is 1. The molecular formula is C57H91NO3. The minimum atomic E-state index is -0.850. The molecule has 4 nitrogen and oxygen atoms in total. The van der Waals surface area contributed by atoms with Gasteiger partial charge in [-0.1, -0.05) is 224 Å². The molecule has 0 aromatic heterocycles. The Morgan fingerprint density at radius 3 is 1.08 bits per heavy atom. The van der Waals surface area contributed by atoms with Crippen molar-refractivity contribution in [2.45, 2.75) is 199 Å². The van der Waals surface area contributed by atoms with Crippen LogP contribution in [0.5, 0.6) is 0 Å². The number of carbonyl (C=O) groups is 1. The molecule has 0 aliphatic heterocycles. The van der Waals surface area contributed by atoms with Gasteiger partial charge in [0.2, 0.25) is 5.91 Å². The number of aliphatic hydroxyl groups excluding tert-OH is 2. The molecule has 0 saturated heterocycles. The Kier molecular flexibility index (Phi) is 47.5. The Balaban J connectivity index is 3.66. The molecule has 0 fully saturated rings. The van der Waals surface area contributed by atoms with Crippen molar-refractivity contribution in [1.82, 2.24) is 5.32 Å². The van der Waals surface area contributed by atoms with E-state index in [1.54, 1.807) is 6.08 Å². The second-order valence-electron chi connectivity index (χ2n) is 15.8. The van der Waals surface area contributed by atoms with Gasteiger partial charge in [-0.2, -0.15) is 0 Å². The van der Waals surface area contributed by atoms with E-state index in [-0.39, 0.29) is 12.5 Å². The largest absolute Gasteiger partial charge is 0.394 e. The summed E-state index contributed by atoms with van der Waals surface area (Å²) in [6.07, 6.45) is 81.3. The van der Waals surface area contributed by atoms with Crippen LogP contribution in [-0.2, 0) is 4.79 Å². The molecule has 0 aromatic carbocycles. The van der Waals surface area contributed by atoms with Crippen LogP contribution in [0.2, 0.25) is 0 Å². The third kappa shape index (κ3) is 47.2. The van der Waals surface area contributed by atoms with Crippen LogP contribution >= 0.6 is 0 Å². The molecule has 0 rings (SSSR count). The fourth-order valence-corrected chi connectivity index (χ4v) is 6.36. The van der Waals surface area contributed by atoms with Crippen LogP contribution in [0.15, 0.2) is 146 Å². The van der Waals surface area contributed by atoms with Crippen molar-refractivity contribution in [3.63, 3.8) is 0 Å². The molecular weight excluding hydrogens is 747 g/mol. The van der Waals surface area contributed by atoms with E-state index in [0.717, 1.165) is 109 Å². The molecule has 0 aromatic rings. The average molecular weight is 838 g/mol. The second-order valence-corrected chi connectivity index (χ2v) is 15.8. The van der Waals surface area contributed by atoms with Crippen LogP contribution in [-0.4, -0.2) is 34.9 Å². The highest BCUT2D eigenvalue weighted by atomic mass is 16.3. The topological polar surface area (TPSA) is 69.6 Å². The van der Waals surface area contributed by atoms with Crippen molar-refractivity contribution in [1.29, 1.82) is 0 Å². The van der Waals surface area contributed by atoms with Gasteiger partial charge in [-0.25, -0.2) is 0 Å². The maximum absolute atomic E-state index is 12.3. The first-order valence-corrected chi connectivity index (χ1v) is 24.5. The van der Waals surface area contributed by atoms with Crippen LogP contribution < -0.4 is 5.32 Å². The minimum Gasteiger partial charge on any atom is -0.394 e. The molecule has 3 N–H and O–H groups in total. The number of aliphatic hydroxyl groups is 2. The fourth-order valence-electron chi connectivity index (χ4n) is 6.36. The second kappa shape index (κ2) is 50.6. The zero-order valence-electron chi connectivity index (χ0n) is 39.1. The summed E-state index contributed by atoms with van der Waals surface area (Å²) in [6.45, 7) is 4.13. The highest BCUT2D eigenvalue weighted by Gasteiger charge is 2.17. The van der Waals surface area contributed by atoms with Gasteiger partial charge in [0, 0.05) is 6.42 Å². The predicted molar refractivity (Wildman–Crippen MR) is 271 cm³/mol. The molecule has 0 saturated carbocycles. The van der Waals surface area contributed by atoms with E-state index in [1.807, 2.05) is 6.08 Å². The predicted octanol–water partition coefficient (Wildman–Crippen LogP) is 16.1. The molecule has 0 aliphatic rings. The lowest BCUT2D eigenvalue weighted by Gasteiger charge is -2.20. The number of hydrogen-bond acceptors (Lipinski definition) is 3. The van der Waals surface area contributed by atoms with Crippen LogP contribution in [0, 0.1) is 0 Å². The van der Waals surface area contributed by atoms with Gasteiger partial charge in [-0.05, 0) is 103 Å². The van der Waals surface area contributed by atoms with E-state index in [2.05, 4.69) is 153 Å². The molecule has 0 spiro atoms. The zero-order valence-corrected chi connectivity index (χ0v) is 39.1. The van der Waals surface area contributed by atoms with Gasteiger partial charge < -0.3 is 15.5 Å². The van der Waals surface area contributed by atoms with E-state index in [0.29, 0.717) is 6.42 Å². The van der Waals surface area contributed by atoms with Crippen LogP contribution in [0.25, 0.3) is 0 Å². The summed E-state index contributed by atoms with van der Waals surface area (Å²) in [5.41, 5.74) is 0. The Morgan fingerprint density at radius 1 is 0.410 bits per heavy atom. The smallest absolute Gasteiger partial charge is 0.220 e. The van der Waals surface area contributed by atoms with Crippen molar-refractivity contribution in [2.24, 2.45) is 0 Å². The average Bonchev–Trinajstić information content (AvgIpc) is 3.26. The maximum atomic E-state index is 12.3. The number of allylic oxidation sites excluding steroid dienone is 23. The first-order valence-electron chi connectivity index (χ1n) is 24.5. The summed E-state index contributed by atoms with van der Waals surface area (Å²) < 4.78 is 0. The highest BCUT2D eigenvalue weighted by molar-refractivity contribution is 5.76. The van der Waals surface area contributed by atoms with Crippen molar-refractivity contribution in [3.05, 3.63) is 146 Å². The molecule has 1 amide bonds. The molecule has 61 heavy (non-hydrogen) atoms. The molecule has 4 heteroatoms. The summed E-state index contributed by atoms with van der Waals surface area (Å²) in [5.74, 6) is -0.0864. The summed E-state index contributed by atoms with van der Waals surface area (Å²) in [4.78, 5) is 12.3. The monoisotopic (exact) mass is 838 g/mol. The Morgan fingerprint density at radius 2 is 0.721 bits per heavy atom. The molecule has 2 unspecified atom stereocenters. The van der Waals surface area contributed by atoms with Gasteiger partial charge in [0.05, 0.1) is 18.8 Å². The molecule has 0 heterocycles. The van der Waals surface area contributed by atoms with Crippen molar-refractivity contribution >= 4 is 5.91 Å². The minimum absolute atomic E-state index is 0.0864. The summed E-state index contributed by atoms with van der Waals surface area (Å²) in [6, 6.07) is -0.635. The van der Waals surface area contributed by atoms with Crippen LogP contribution in [0.3, 0.4) is 0 Å². The van der Waals surface area contributed by atoms with E-state index >= 15 is 0 Å². The van der Waals surface area contributed by atoms with Crippen LogP contribution in [0.1, 0.15) is 187 Å². The highest BCUT2D eigenvalue weighted by Crippen LogP contribution is 2.11.